The molecule has 0 aliphatic carbocycles. The maximum absolute atomic E-state index is 14.9. The molecule has 0 bridgehead atoms. The van der Waals surface area contributed by atoms with Crippen molar-refractivity contribution in [3.05, 3.63) is 47.5 Å². The predicted molar refractivity (Wildman–Crippen MR) is 145 cm³/mol. The van der Waals surface area contributed by atoms with Crippen LogP contribution in [0.5, 0.6) is 5.75 Å². The van der Waals surface area contributed by atoms with Gasteiger partial charge in [-0.25, -0.2) is 0 Å². The van der Waals surface area contributed by atoms with Crippen LogP contribution in [-0.4, -0.2) is 76.9 Å². The van der Waals surface area contributed by atoms with Crippen LogP contribution in [-0.2, 0) is 6.54 Å². The maximum atomic E-state index is 14.9. The van der Waals surface area contributed by atoms with Crippen molar-refractivity contribution in [1.82, 2.24) is 4.90 Å². The van der Waals surface area contributed by atoms with Crippen LogP contribution in [0.1, 0.15) is 11.1 Å². The number of nitrogen functional groups attached to an aromatic ring is 1. The lowest BCUT2D eigenvalue weighted by Crippen LogP contribution is -2.60. The summed E-state index contributed by atoms with van der Waals surface area (Å²) in [5.74, 6) is 0.746. The fraction of sp³-hybridized carbons (Fsp3) is 0.368. The molecule has 0 amide bonds. The Bertz CT molecular complexity index is 905. The first-order chi connectivity index (χ1) is 13.6. The molecule has 2 rings (SSSR count). The summed E-state index contributed by atoms with van der Waals surface area (Å²) in [4.78, 5) is 4.30. The minimum Gasteiger partial charge on any atom is -0.506 e. The van der Waals surface area contributed by atoms with Gasteiger partial charge in [0.1, 0.15) is 52.8 Å². The van der Waals surface area contributed by atoms with Crippen LogP contribution in [0.25, 0.3) is 0 Å². The van der Waals surface area contributed by atoms with E-state index in [1.54, 1.807) is 27.5 Å². The van der Waals surface area contributed by atoms with Gasteiger partial charge in [-0.05, 0) is 67.7 Å². The van der Waals surface area contributed by atoms with Crippen LogP contribution in [0.2, 0.25) is 5.21 Å². The van der Waals surface area contributed by atoms with Crippen molar-refractivity contribution in [2.75, 3.05) is 19.8 Å². The third-order valence-corrected chi connectivity index (χ3v) is 7.48. The molecule has 0 aromatic heterocycles. The van der Waals surface area contributed by atoms with Crippen LogP contribution in [0.3, 0.4) is 0 Å². The molecular weight excluding hydrogens is 388 g/mol. The van der Waals surface area contributed by atoms with Crippen LogP contribution < -0.4 is 10.5 Å². The molecule has 0 unspecified atom stereocenters. The van der Waals surface area contributed by atoms with Gasteiger partial charge in [-0.15, -0.1) is 0 Å². The highest BCUT2D eigenvalue weighted by Gasteiger charge is 2.48. The molecular formula is C19H31B6FN2OS. The highest BCUT2D eigenvalue weighted by Crippen LogP contribution is 2.42. The van der Waals surface area contributed by atoms with E-state index in [-0.39, 0.29) is 0 Å². The molecule has 2 N–H and O–H groups in total. The van der Waals surface area contributed by atoms with Gasteiger partial charge in [0.2, 0.25) is 0 Å². The summed E-state index contributed by atoms with van der Waals surface area (Å²) < 4.78 is 21.3. The Labute approximate surface area is 190 Å². The molecule has 0 aliphatic heterocycles. The Morgan fingerprint density at radius 2 is 1.60 bits per heavy atom. The first-order valence-electron chi connectivity index (χ1n) is 10.3. The van der Waals surface area contributed by atoms with E-state index in [4.69, 9.17) is 10.5 Å². The fourth-order valence-electron chi connectivity index (χ4n) is 3.20. The van der Waals surface area contributed by atoms with E-state index in [0.29, 0.717) is 0 Å². The molecule has 0 radical (unpaired) electrons. The number of hydrogen-bond donors (Lipinski definition) is 1. The number of hydrogen-bond acceptors (Lipinski definition) is 4. The molecule has 11 heteroatoms. The fourth-order valence-corrected chi connectivity index (χ4v) is 4.14. The van der Waals surface area contributed by atoms with Gasteiger partial charge in [0.25, 0.3) is 0 Å². The number of nitrogens with two attached hydrogens (primary N) is 1. The van der Waals surface area contributed by atoms with Gasteiger partial charge in [0.15, 0.2) is 0 Å². The second-order valence-electron chi connectivity index (χ2n) is 9.86. The normalized spacial score (nSPS) is 12.8. The lowest BCUT2D eigenvalue weighted by atomic mass is 9.25. The van der Waals surface area contributed by atoms with Crippen LogP contribution in [0.15, 0.2) is 46.2 Å². The third kappa shape index (κ3) is 5.67. The summed E-state index contributed by atoms with van der Waals surface area (Å²) in [6.07, 6.45) is 0. The van der Waals surface area contributed by atoms with Crippen LogP contribution in [0.4, 0.5) is 10.1 Å². The summed E-state index contributed by atoms with van der Waals surface area (Å²) in [7, 11) is 15.0. The largest absolute Gasteiger partial charge is 0.506 e. The zero-order valence-electron chi connectivity index (χ0n) is 19.9. The summed E-state index contributed by atoms with van der Waals surface area (Å²) in [5, 5.41) is -1.39. The van der Waals surface area contributed by atoms with Gasteiger partial charge in [0, 0.05) is 32.9 Å². The number of benzene rings is 2. The van der Waals surface area contributed by atoms with Crippen molar-refractivity contribution < 1.29 is 9.13 Å². The molecule has 3 nitrogen and oxygen atoms in total. The Kier molecular flexibility index (Phi) is 7.51. The van der Waals surface area contributed by atoms with Crippen molar-refractivity contribution >= 4 is 64.5 Å². The molecule has 2 aromatic rings. The van der Waals surface area contributed by atoms with E-state index in [2.05, 4.69) is 29.2 Å². The van der Waals surface area contributed by atoms with Gasteiger partial charge >= 0.3 is 0 Å². The summed E-state index contributed by atoms with van der Waals surface area (Å²) in [6.45, 7) is 2.81. The quantitative estimate of drug-likeness (QED) is 0.412. The van der Waals surface area contributed by atoms with Gasteiger partial charge in [-0.3, -0.25) is 4.39 Å². The number of anilines is 1. The van der Waals surface area contributed by atoms with E-state index < -0.39 is 16.1 Å². The molecule has 2 aromatic carbocycles. The summed E-state index contributed by atoms with van der Waals surface area (Å²) >= 11 is 1.66. The molecule has 0 atom stereocenters. The van der Waals surface area contributed by atoms with E-state index in [0.717, 1.165) is 38.9 Å². The predicted octanol–water partition coefficient (Wildman–Crippen LogP) is -1.64. The number of ether oxygens (including phenoxy) is 1. The second kappa shape index (κ2) is 9.04. The molecule has 0 heterocycles. The zero-order valence-corrected chi connectivity index (χ0v) is 20.7. The van der Waals surface area contributed by atoms with Crippen molar-refractivity contribution in [3.8, 4) is 5.75 Å². The molecule has 0 aliphatic rings. The second-order valence-corrected chi connectivity index (χ2v) is 10.9. The van der Waals surface area contributed by atoms with E-state index in [1.165, 1.54) is 0 Å². The van der Waals surface area contributed by atoms with Gasteiger partial charge in [-0.1, -0.05) is 17.8 Å². The SMILES string of the molecule is BC(B)(F)C(B)(B)C(B)(B)Oc1ccc(Sc2ccc(C)cc2N)c(CN(C)C)c1. The van der Waals surface area contributed by atoms with E-state index in [9.17, 15) is 4.39 Å². The third-order valence-electron chi connectivity index (χ3n) is 6.27. The summed E-state index contributed by atoms with van der Waals surface area (Å²) in [6, 6.07) is 12.2. The molecule has 0 fully saturated rings. The molecule has 30 heavy (non-hydrogen) atoms. The molecule has 0 spiro atoms. The average molecular weight is 419 g/mol. The lowest BCUT2D eigenvalue weighted by molar-refractivity contribution is 0.171. The minimum atomic E-state index is -1.39. The average Bonchev–Trinajstić information content (AvgIpc) is 2.57. The van der Waals surface area contributed by atoms with E-state index >= 15 is 0 Å². The first kappa shape index (κ1) is 24.9. The van der Waals surface area contributed by atoms with Crippen LogP contribution in [0, 0.1) is 6.92 Å². The highest BCUT2D eigenvalue weighted by atomic mass is 32.2. The Morgan fingerprint density at radius 3 is 2.13 bits per heavy atom. The molecule has 154 valence electrons. The topological polar surface area (TPSA) is 38.5 Å². The van der Waals surface area contributed by atoms with Gasteiger partial charge < -0.3 is 15.4 Å². The van der Waals surface area contributed by atoms with Crippen LogP contribution >= 0.6 is 11.8 Å². The number of halogens is 1. The number of rotatable bonds is 8. The smallest absolute Gasteiger partial charge is 0.145 e. The standard InChI is InChI=1S/C19H31B6FN2OS/c1-11-4-6-16(14(27)8-11)30-15-7-5-13(9-12(15)10-28(2)3)29-19(24,25)17(20,21)18(22,23)26/h4-9H,10,20-25,27H2,1-3H3. The first-order valence-corrected chi connectivity index (χ1v) is 11.2. The lowest BCUT2D eigenvalue weighted by Gasteiger charge is -2.49. The monoisotopic (exact) mass is 420 g/mol. The maximum Gasteiger partial charge on any atom is 0.145 e. The van der Waals surface area contributed by atoms with Crippen molar-refractivity contribution in [3.63, 3.8) is 0 Å². The Hall–Kier alpha value is -1.33. The van der Waals surface area contributed by atoms with Crippen molar-refractivity contribution in [2.24, 2.45) is 0 Å². The number of nitrogens with zero attached hydrogens (tertiary/aromatic N) is 1. The Balaban J connectivity index is 2.38. The highest BCUT2D eigenvalue weighted by molar-refractivity contribution is 7.99. The minimum absolute atomic E-state index is 0.689. The number of aryl methyl sites for hydroxylation is 1. The number of alkyl halides is 1. The summed E-state index contributed by atoms with van der Waals surface area (Å²) in [5.41, 5.74) is 7.92. The van der Waals surface area contributed by atoms with Crippen molar-refractivity contribution in [1.29, 1.82) is 0 Å². The van der Waals surface area contributed by atoms with Crippen molar-refractivity contribution in [2.45, 2.75) is 39.3 Å². The Morgan fingerprint density at radius 1 is 1.00 bits per heavy atom. The van der Waals surface area contributed by atoms with Gasteiger partial charge in [0.05, 0.1) is 0 Å². The van der Waals surface area contributed by atoms with Gasteiger partial charge in [-0.2, -0.15) is 0 Å². The molecule has 0 saturated carbocycles. The molecule has 0 saturated heterocycles. The zero-order chi connectivity index (χ0) is 22.9. The van der Waals surface area contributed by atoms with E-state index in [1.807, 2.05) is 64.5 Å².